The zero-order valence-corrected chi connectivity index (χ0v) is 25.6. The van der Waals surface area contributed by atoms with Gasteiger partial charge in [-0.1, -0.05) is 109 Å². The van der Waals surface area contributed by atoms with E-state index < -0.39 is 0 Å². The maximum absolute atomic E-state index is 4.92. The number of benzene rings is 5. The minimum atomic E-state index is 0.753. The van der Waals surface area contributed by atoms with E-state index in [4.69, 9.17) is 4.99 Å². The summed E-state index contributed by atoms with van der Waals surface area (Å²) in [6, 6.07) is 30.7. The van der Waals surface area contributed by atoms with E-state index in [0.29, 0.717) is 0 Å². The molecule has 43 heavy (non-hydrogen) atoms. The normalized spacial score (nSPS) is 13.2. The summed E-state index contributed by atoms with van der Waals surface area (Å²) in [5, 5.41) is 7.59. The number of aromatic nitrogens is 1. The van der Waals surface area contributed by atoms with Crippen molar-refractivity contribution in [3.05, 3.63) is 155 Å². The van der Waals surface area contributed by atoms with Crippen LogP contribution in [0, 0.1) is 13.8 Å². The minimum Gasteiger partial charge on any atom is -0.237 e. The average molecular weight is 557 g/mol. The Balaban J connectivity index is 1.63. The number of hydrogen-bond acceptors (Lipinski definition) is 2. The lowest BCUT2D eigenvalue weighted by molar-refractivity contribution is 1.22. The number of allylic oxidation sites excluding steroid dienone is 6. The van der Waals surface area contributed by atoms with Crippen molar-refractivity contribution >= 4 is 55.0 Å². The van der Waals surface area contributed by atoms with Gasteiger partial charge in [0, 0.05) is 11.9 Å². The molecule has 0 N–H and O–H groups in total. The van der Waals surface area contributed by atoms with E-state index in [1.807, 2.05) is 26.0 Å². The molecule has 0 radical (unpaired) electrons. The summed E-state index contributed by atoms with van der Waals surface area (Å²) in [7, 11) is 0. The van der Waals surface area contributed by atoms with Crippen molar-refractivity contribution in [2.45, 2.75) is 34.6 Å². The van der Waals surface area contributed by atoms with Crippen LogP contribution < -0.4 is 0 Å². The van der Waals surface area contributed by atoms with Crippen LogP contribution in [0.5, 0.6) is 0 Å². The highest BCUT2D eigenvalue weighted by Gasteiger charge is 2.17. The van der Waals surface area contributed by atoms with Crippen molar-refractivity contribution in [2.24, 2.45) is 4.99 Å². The van der Waals surface area contributed by atoms with Crippen LogP contribution >= 0.6 is 0 Å². The van der Waals surface area contributed by atoms with Gasteiger partial charge >= 0.3 is 0 Å². The molecule has 0 fully saturated rings. The summed E-state index contributed by atoms with van der Waals surface area (Å²) >= 11 is 0. The van der Waals surface area contributed by atoms with Gasteiger partial charge in [-0.2, -0.15) is 0 Å². The number of pyridine rings is 1. The predicted octanol–water partition coefficient (Wildman–Crippen LogP) is 11.4. The molecule has 6 rings (SSSR count). The van der Waals surface area contributed by atoms with E-state index in [-0.39, 0.29) is 0 Å². The Bertz CT molecular complexity index is 2140. The predicted molar refractivity (Wildman–Crippen MR) is 188 cm³/mol. The smallest absolute Gasteiger partial charge is 0.154 e. The molecule has 2 nitrogen and oxygen atoms in total. The first-order valence-electron chi connectivity index (χ1n) is 14.8. The van der Waals surface area contributed by atoms with Gasteiger partial charge in [0.25, 0.3) is 0 Å². The third-order valence-corrected chi connectivity index (χ3v) is 8.18. The van der Waals surface area contributed by atoms with E-state index >= 15 is 0 Å². The number of nitrogens with zero attached hydrogens (tertiary/aromatic N) is 2. The molecule has 0 saturated carbocycles. The zero-order valence-electron chi connectivity index (χ0n) is 25.6. The number of aryl methyl sites for hydroxylation is 2. The lowest BCUT2D eigenvalue weighted by atomic mass is 9.85. The molecule has 0 amide bonds. The van der Waals surface area contributed by atoms with Crippen molar-refractivity contribution in [3.8, 4) is 0 Å². The van der Waals surface area contributed by atoms with Crippen LogP contribution in [0.3, 0.4) is 0 Å². The first kappa shape index (κ1) is 28.1. The third-order valence-electron chi connectivity index (χ3n) is 8.18. The molecule has 210 valence electrons. The maximum atomic E-state index is 4.92. The maximum Gasteiger partial charge on any atom is 0.154 e. The molecule has 0 saturated heterocycles. The molecule has 0 unspecified atom stereocenters. The van der Waals surface area contributed by atoms with Crippen molar-refractivity contribution in [2.75, 3.05) is 0 Å². The third kappa shape index (κ3) is 5.33. The number of aliphatic imine (C=N–C) groups is 1. The molecule has 0 bridgehead atoms. The summed E-state index contributed by atoms with van der Waals surface area (Å²) < 4.78 is 0. The molecule has 0 aliphatic carbocycles. The van der Waals surface area contributed by atoms with E-state index in [0.717, 1.165) is 28.2 Å². The molecule has 2 heteroatoms. The van der Waals surface area contributed by atoms with Crippen molar-refractivity contribution in [3.63, 3.8) is 0 Å². The largest absolute Gasteiger partial charge is 0.237 e. The van der Waals surface area contributed by atoms with E-state index in [2.05, 4.69) is 129 Å². The SMILES string of the molecule is C=C(C)/C=C\C(=C/C)c1ccc2ccc3c(/C(=C/C(C)=N/c4ncccc4C)c4ccccc4C)ccc4ccc1c2c43. The van der Waals surface area contributed by atoms with Crippen molar-refractivity contribution < 1.29 is 0 Å². The van der Waals surface area contributed by atoms with E-state index in [1.165, 1.54) is 60.1 Å². The molecular weight excluding hydrogens is 520 g/mol. The fourth-order valence-corrected chi connectivity index (χ4v) is 6.04. The van der Waals surface area contributed by atoms with Crippen molar-refractivity contribution in [1.82, 2.24) is 4.98 Å². The molecule has 0 atom stereocenters. The molecule has 1 heterocycles. The Kier molecular flexibility index (Phi) is 7.61. The summed E-state index contributed by atoms with van der Waals surface area (Å²) in [6.07, 6.45) is 10.5. The first-order chi connectivity index (χ1) is 20.9. The van der Waals surface area contributed by atoms with Crippen LogP contribution in [0.1, 0.15) is 48.6 Å². The van der Waals surface area contributed by atoms with E-state index in [9.17, 15) is 0 Å². The summed E-state index contributed by atoms with van der Waals surface area (Å²) in [5.41, 5.74) is 10.2. The lowest BCUT2D eigenvalue weighted by Crippen LogP contribution is -1.98. The van der Waals surface area contributed by atoms with Gasteiger partial charge in [-0.15, -0.1) is 0 Å². The Morgan fingerprint density at radius 2 is 1.33 bits per heavy atom. The first-order valence-corrected chi connectivity index (χ1v) is 14.8. The molecule has 0 aliphatic heterocycles. The quantitative estimate of drug-likeness (QED) is 0.109. The van der Waals surface area contributed by atoms with Crippen LogP contribution in [0.25, 0.3) is 43.5 Å². The average Bonchev–Trinajstić information content (AvgIpc) is 3.01. The Labute approximate surface area is 254 Å². The highest BCUT2D eigenvalue weighted by atomic mass is 14.9. The summed E-state index contributed by atoms with van der Waals surface area (Å²) in [6.45, 7) is 14.5. The minimum absolute atomic E-state index is 0.753. The monoisotopic (exact) mass is 556 g/mol. The van der Waals surface area contributed by atoms with Crippen LogP contribution in [0.15, 0.2) is 133 Å². The van der Waals surface area contributed by atoms with Gasteiger partial charge in [0.1, 0.15) is 0 Å². The van der Waals surface area contributed by atoms with E-state index in [1.54, 1.807) is 6.20 Å². The van der Waals surface area contributed by atoms with Gasteiger partial charge in [-0.25, -0.2) is 9.98 Å². The summed E-state index contributed by atoms with van der Waals surface area (Å²) in [5.74, 6) is 0.753. The van der Waals surface area contributed by atoms with Gasteiger partial charge in [0.2, 0.25) is 0 Å². The second kappa shape index (κ2) is 11.7. The van der Waals surface area contributed by atoms with Gasteiger partial charge in [0.15, 0.2) is 5.82 Å². The van der Waals surface area contributed by atoms with Crippen LogP contribution in [0.4, 0.5) is 5.82 Å². The van der Waals surface area contributed by atoms with Crippen molar-refractivity contribution in [1.29, 1.82) is 0 Å². The Morgan fingerprint density at radius 1 is 0.698 bits per heavy atom. The highest BCUT2D eigenvalue weighted by molar-refractivity contribution is 6.26. The molecule has 1 aromatic heterocycles. The standard InChI is InChI=1S/C41H36N2/c1-7-30(15-14-26(2)3)34-20-16-31-19-23-37-35(21-17-32-18-22-36(34)39(31)40(32)37)38(33-13-9-8-11-27(33)4)25-29(6)43-41-28(5)12-10-24-42-41/h7-25H,2H2,1,3-6H3/b15-14-,30-7+,38-25+,43-29+. The molecular formula is C41H36N2. The zero-order chi connectivity index (χ0) is 30.1. The molecule has 6 aromatic rings. The molecule has 0 aliphatic rings. The lowest BCUT2D eigenvalue weighted by Gasteiger charge is -2.19. The fourth-order valence-electron chi connectivity index (χ4n) is 6.04. The van der Waals surface area contributed by atoms with Crippen LogP contribution in [-0.4, -0.2) is 10.7 Å². The van der Waals surface area contributed by atoms with Gasteiger partial charge in [-0.05, 0) is 118 Å². The second-order valence-corrected chi connectivity index (χ2v) is 11.3. The van der Waals surface area contributed by atoms with Crippen LogP contribution in [-0.2, 0) is 0 Å². The Hall–Kier alpha value is -5.08. The van der Waals surface area contributed by atoms with Gasteiger partial charge in [-0.3, -0.25) is 0 Å². The Morgan fingerprint density at radius 3 is 1.98 bits per heavy atom. The molecule has 5 aromatic carbocycles. The second-order valence-electron chi connectivity index (χ2n) is 11.3. The summed E-state index contributed by atoms with van der Waals surface area (Å²) in [4.78, 5) is 9.44. The molecule has 0 spiro atoms. The van der Waals surface area contributed by atoms with Gasteiger partial charge in [0.05, 0.1) is 0 Å². The number of rotatable bonds is 7. The fraction of sp³-hybridized carbons (Fsp3) is 0.122. The number of hydrogen-bond donors (Lipinski definition) is 0. The highest BCUT2D eigenvalue weighted by Crippen LogP contribution is 2.42. The van der Waals surface area contributed by atoms with Gasteiger partial charge < -0.3 is 0 Å². The topological polar surface area (TPSA) is 25.2 Å². The van der Waals surface area contributed by atoms with Crippen LogP contribution in [0.2, 0.25) is 0 Å².